The average molecular weight is 386 g/mol. The summed E-state index contributed by atoms with van der Waals surface area (Å²) >= 11 is 6.60. The molecule has 2 aromatic rings. The molecule has 5 N–H and O–H groups in total. The quantitative estimate of drug-likeness (QED) is 0.707. The Kier molecular flexibility index (Phi) is 4.24. The number of rotatable bonds is 6. The minimum atomic E-state index is -0.436. The van der Waals surface area contributed by atoms with Crippen molar-refractivity contribution in [3.05, 3.63) is 31.2 Å². The minimum absolute atomic E-state index is 0.436. The highest BCUT2D eigenvalue weighted by atomic mass is 79.9. The molecule has 0 bridgehead atoms. The number of amides is 1. The van der Waals surface area contributed by atoms with Gasteiger partial charge in [-0.2, -0.15) is 0 Å². The molecule has 3 rings (SSSR count). The molecule has 0 radical (unpaired) electrons. The predicted octanol–water partition coefficient (Wildman–Crippen LogP) is 3.79. The Balaban J connectivity index is 1.72. The fourth-order valence-electron chi connectivity index (χ4n) is 2.33. The number of carbonyl (C=O) groups excluding carboxylic acids is 1. The van der Waals surface area contributed by atoms with Gasteiger partial charge in [-0.25, -0.2) is 0 Å². The molecule has 0 saturated heterocycles. The zero-order chi connectivity index (χ0) is 15.0. The Bertz CT molecular complexity index is 676. The van der Waals surface area contributed by atoms with Gasteiger partial charge in [-0.1, -0.05) is 0 Å². The average Bonchev–Trinajstić information content (AvgIpc) is 3.09. The first kappa shape index (κ1) is 14.9. The number of anilines is 2. The van der Waals surface area contributed by atoms with Gasteiger partial charge in [0.05, 0.1) is 14.5 Å². The van der Waals surface area contributed by atoms with Crippen LogP contribution in [0.15, 0.2) is 15.9 Å². The number of halogens is 1. The number of hydrogen-bond donors (Lipinski definition) is 3. The lowest BCUT2D eigenvalue weighted by Gasteiger charge is -2.06. The second kappa shape index (κ2) is 5.98. The molecule has 1 aliphatic carbocycles. The third kappa shape index (κ3) is 3.25. The molecule has 0 aromatic carbocycles. The number of primary amides is 1. The predicted molar refractivity (Wildman–Crippen MR) is 93.4 cm³/mol. The van der Waals surface area contributed by atoms with E-state index in [0.717, 1.165) is 40.2 Å². The van der Waals surface area contributed by atoms with Crippen LogP contribution in [0.3, 0.4) is 0 Å². The topological polar surface area (TPSA) is 81.1 Å². The maximum absolute atomic E-state index is 11.4. The first-order valence-electron chi connectivity index (χ1n) is 6.76. The Morgan fingerprint density at radius 2 is 2.14 bits per heavy atom. The molecule has 0 unspecified atom stereocenters. The molecule has 1 amide bonds. The van der Waals surface area contributed by atoms with Crippen LogP contribution in [0.5, 0.6) is 0 Å². The zero-order valence-electron chi connectivity index (χ0n) is 11.3. The fourth-order valence-corrected chi connectivity index (χ4v) is 4.90. The summed E-state index contributed by atoms with van der Waals surface area (Å²) in [7, 11) is 0. The van der Waals surface area contributed by atoms with Crippen molar-refractivity contribution >= 4 is 55.2 Å². The number of nitrogens with one attached hydrogen (secondary N) is 1. The summed E-state index contributed by atoms with van der Waals surface area (Å²) in [4.78, 5) is 13.3. The molecule has 112 valence electrons. The van der Waals surface area contributed by atoms with Crippen molar-refractivity contribution in [3.63, 3.8) is 0 Å². The summed E-state index contributed by atoms with van der Waals surface area (Å²) in [6.07, 6.45) is 3.24. The van der Waals surface area contributed by atoms with Gasteiger partial charge >= 0.3 is 0 Å². The van der Waals surface area contributed by atoms with Gasteiger partial charge in [0.25, 0.3) is 5.91 Å². The molecule has 1 fully saturated rings. The SMILES string of the molecule is NC(=O)c1sc(NCCc2ccc(Br)s2)c(C2CC2)c1N. The van der Waals surface area contributed by atoms with Crippen molar-refractivity contribution in [2.45, 2.75) is 25.2 Å². The van der Waals surface area contributed by atoms with E-state index in [1.807, 2.05) is 0 Å². The van der Waals surface area contributed by atoms with E-state index >= 15 is 0 Å². The Hall–Kier alpha value is -1.05. The number of nitrogens with two attached hydrogens (primary N) is 2. The van der Waals surface area contributed by atoms with Crippen molar-refractivity contribution in [2.24, 2.45) is 5.73 Å². The van der Waals surface area contributed by atoms with Gasteiger partial charge in [-0.15, -0.1) is 22.7 Å². The van der Waals surface area contributed by atoms with Crippen molar-refractivity contribution in [1.82, 2.24) is 0 Å². The van der Waals surface area contributed by atoms with E-state index in [0.29, 0.717) is 16.5 Å². The Morgan fingerprint density at radius 1 is 1.38 bits per heavy atom. The summed E-state index contributed by atoms with van der Waals surface area (Å²) in [5.74, 6) is 0.0577. The van der Waals surface area contributed by atoms with Gasteiger partial charge in [0.1, 0.15) is 4.88 Å². The van der Waals surface area contributed by atoms with E-state index in [9.17, 15) is 4.79 Å². The molecule has 0 aliphatic heterocycles. The fraction of sp³-hybridized carbons (Fsp3) is 0.357. The van der Waals surface area contributed by atoms with E-state index in [4.69, 9.17) is 11.5 Å². The van der Waals surface area contributed by atoms with Gasteiger partial charge in [0.15, 0.2) is 0 Å². The van der Waals surface area contributed by atoms with Crippen LogP contribution in [0.25, 0.3) is 0 Å². The van der Waals surface area contributed by atoms with E-state index < -0.39 is 5.91 Å². The normalized spacial score (nSPS) is 14.3. The third-order valence-electron chi connectivity index (χ3n) is 3.48. The summed E-state index contributed by atoms with van der Waals surface area (Å²) in [6.45, 7) is 0.824. The summed E-state index contributed by atoms with van der Waals surface area (Å²) < 4.78 is 1.15. The number of thiophene rings is 2. The Labute approximate surface area is 139 Å². The van der Waals surface area contributed by atoms with Crippen LogP contribution in [-0.4, -0.2) is 12.5 Å². The summed E-state index contributed by atoms with van der Waals surface area (Å²) in [5.41, 5.74) is 13.2. The van der Waals surface area contributed by atoms with Crippen LogP contribution in [0.1, 0.15) is 38.9 Å². The van der Waals surface area contributed by atoms with Crippen LogP contribution < -0.4 is 16.8 Å². The first-order valence-corrected chi connectivity index (χ1v) is 9.19. The standard InChI is InChI=1S/C14H16BrN3OS2/c15-9-4-3-8(20-9)5-6-18-14-10(7-1-2-7)11(16)12(21-14)13(17)19/h3-4,7,18H,1-2,5-6,16H2,(H2,17,19). The van der Waals surface area contributed by atoms with Gasteiger partial charge in [0, 0.05) is 17.0 Å². The van der Waals surface area contributed by atoms with Crippen LogP contribution in [0.2, 0.25) is 0 Å². The van der Waals surface area contributed by atoms with Gasteiger partial charge in [-0.05, 0) is 53.2 Å². The highest BCUT2D eigenvalue weighted by Crippen LogP contribution is 2.50. The molecular formula is C14H16BrN3OS2. The first-order chi connectivity index (χ1) is 10.1. The van der Waals surface area contributed by atoms with Crippen molar-refractivity contribution in [1.29, 1.82) is 0 Å². The monoisotopic (exact) mass is 385 g/mol. The second-order valence-electron chi connectivity index (χ2n) is 5.11. The molecule has 0 atom stereocenters. The van der Waals surface area contributed by atoms with Crippen molar-refractivity contribution < 1.29 is 4.79 Å². The van der Waals surface area contributed by atoms with E-state index in [1.54, 1.807) is 11.3 Å². The highest BCUT2D eigenvalue weighted by molar-refractivity contribution is 9.11. The van der Waals surface area contributed by atoms with Gasteiger partial charge in [-0.3, -0.25) is 4.79 Å². The lowest BCUT2D eigenvalue weighted by atomic mass is 10.1. The van der Waals surface area contributed by atoms with E-state index in [-0.39, 0.29) is 0 Å². The molecule has 21 heavy (non-hydrogen) atoms. The van der Waals surface area contributed by atoms with E-state index in [1.165, 1.54) is 16.2 Å². The maximum Gasteiger partial charge on any atom is 0.260 e. The van der Waals surface area contributed by atoms with Crippen molar-refractivity contribution in [2.75, 3.05) is 17.6 Å². The minimum Gasteiger partial charge on any atom is -0.397 e. The molecule has 2 aromatic heterocycles. The number of nitrogen functional groups attached to an aromatic ring is 1. The van der Waals surface area contributed by atoms with Crippen LogP contribution >= 0.6 is 38.6 Å². The highest BCUT2D eigenvalue weighted by Gasteiger charge is 2.32. The second-order valence-corrected chi connectivity index (χ2v) is 8.68. The third-order valence-corrected chi connectivity index (χ3v) is 6.36. The summed E-state index contributed by atoms with van der Waals surface area (Å²) in [5, 5.41) is 4.44. The lowest BCUT2D eigenvalue weighted by molar-refractivity contribution is 0.100. The van der Waals surface area contributed by atoms with Crippen LogP contribution in [0, 0.1) is 0 Å². The smallest absolute Gasteiger partial charge is 0.260 e. The van der Waals surface area contributed by atoms with Gasteiger partial charge < -0.3 is 16.8 Å². The Morgan fingerprint density at radius 3 is 2.71 bits per heavy atom. The van der Waals surface area contributed by atoms with Crippen LogP contribution in [-0.2, 0) is 6.42 Å². The zero-order valence-corrected chi connectivity index (χ0v) is 14.5. The molecular weight excluding hydrogens is 370 g/mol. The van der Waals surface area contributed by atoms with E-state index in [2.05, 4.69) is 33.4 Å². The van der Waals surface area contributed by atoms with Crippen LogP contribution in [0.4, 0.5) is 10.7 Å². The maximum atomic E-state index is 11.4. The molecule has 4 nitrogen and oxygen atoms in total. The van der Waals surface area contributed by atoms with Crippen molar-refractivity contribution in [3.8, 4) is 0 Å². The molecule has 7 heteroatoms. The molecule has 0 spiro atoms. The van der Waals surface area contributed by atoms with Gasteiger partial charge in [0.2, 0.25) is 0 Å². The number of carbonyl (C=O) groups is 1. The lowest BCUT2D eigenvalue weighted by Crippen LogP contribution is -2.11. The number of hydrogen-bond acceptors (Lipinski definition) is 5. The molecule has 1 aliphatic rings. The molecule has 1 saturated carbocycles. The molecule has 2 heterocycles. The summed E-state index contributed by atoms with van der Waals surface area (Å²) in [6, 6.07) is 4.18. The largest absolute Gasteiger partial charge is 0.397 e.